The van der Waals surface area contributed by atoms with Crippen molar-refractivity contribution in [3.63, 3.8) is 0 Å². The maximum absolute atomic E-state index is 13.1. The quantitative estimate of drug-likeness (QED) is 0.840. The van der Waals surface area contributed by atoms with Crippen molar-refractivity contribution in [1.29, 1.82) is 0 Å². The summed E-state index contributed by atoms with van der Waals surface area (Å²) in [6, 6.07) is 6.42. The Morgan fingerprint density at radius 2 is 2.12 bits per heavy atom. The molecule has 0 saturated carbocycles. The van der Waals surface area contributed by atoms with E-state index in [1.54, 1.807) is 6.20 Å². The van der Waals surface area contributed by atoms with Gasteiger partial charge < -0.3 is 9.47 Å². The van der Waals surface area contributed by atoms with Gasteiger partial charge >= 0.3 is 0 Å². The fourth-order valence-electron chi connectivity index (χ4n) is 4.19. The van der Waals surface area contributed by atoms with Crippen molar-refractivity contribution >= 4 is 11.5 Å². The van der Waals surface area contributed by atoms with Crippen LogP contribution in [0.5, 0.6) is 0 Å². The number of benzene rings is 1. The van der Waals surface area contributed by atoms with Crippen LogP contribution in [0.4, 0.5) is 5.69 Å². The number of hydrogen-bond donors (Lipinski definition) is 0. The second-order valence-electron chi connectivity index (χ2n) is 7.25. The highest BCUT2D eigenvalue weighted by Crippen LogP contribution is 2.36. The van der Waals surface area contributed by atoms with Gasteiger partial charge in [0.15, 0.2) is 0 Å². The van der Waals surface area contributed by atoms with Crippen molar-refractivity contribution in [2.24, 2.45) is 5.92 Å². The molecular formula is C21H25N3O. The van der Waals surface area contributed by atoms with Gasteiger partial charge in [-0.25, -0.2) is 4.98 Å². The van der Waals surface area contributed by atoms with Crippen molar-refractivity contribution in [2.45, 2.75) is 45.6 Å². The molecule has 2 aliphatic rings. The Bertz CT molecular complexity index is 820. The summed E-state index contributed by atoms with van der Waals surface area (Å²) < 4.78 is 2.09. The van der Waals surface area contributed by atoms with Gasteiger partial charge in [-0.2, -0.15) is 0 Å². The van der Waals surface area contributed by atoms with Crippen molar-refractivity contribution < 1.29 is 4.79 Å². The Balaban J connectivity index is 1.68. The first-order valence-corrected chi connectivity index (χ1v) is 9.20. The summed E-state index contributed by atoms with van der Waals surface area (Å²) in [6.07, 6.45) is 8.27. The van der Waals surface area contributed by atoms with E-state index in [2.05, 4.69) is 39.2 Å². The van der Waals surface area contributed by atoms with Crippen molar-refractivity contribution in [1.82, 2.24) is 9.55 Å². The molecule has 3 heterocycles. The van der Waals surface area contributed by atoms with E-state index in [4.69, 9.17) is 0 Å². The number of anilines is 1. The van der Waals surface area contributed by atoms with E-state index in [0.29, 0.717) is 18.7 Å². The molecule has 4 rings (SSSR count). The highest BCUT2D eigenvalue weighted by molar-refractivity contribution is 5.86. The van der Waals surface area contributed by atoms with Crippen LogP contribution < -0.4 is 4.90 Å². The molecule has 1 unspecified atom stereocenters. The number of para-hydroxylation sites is 1. The van der Waals surface area contributed by atoms with Gasteiger partial charge in [-0.1, -0.05) is 24.8 Å². The minimum Gasteiger partial charge on any atom is -0.345 e. The molecule has 1 atom stereocenters. The van der Waals surface area contributed by atoms with Gasteiger partial charge in [0.1, 0.15) is 11.6 Å². The van der Waals surface area contributed by atoms with E-state index in [1.165, 1.54) is 11.3 Å². The van der Waals surface area contributed by atoms with E-state index in [9.17, 15) is 4.79 Å². The third kappa shape index (κ3) is 3.01. The summed E-state index contributed by atoms with van der Waals surface area (Å²) in [7, 11) is 0. The molecule has 2 aliphatic heterocycles. The van der Waals surface area contributed by atoms with E-state index in [0.717, 1.165) is 49.3 Å². The third-order valence-electron chi connectivity index (χ3n) is 5.62. The zero-order valence-corrected chi connectivity index (χ0v) is 14.9. The van der Waals surface area contributed by atoms with E-state index >= 15 is 0 Å². The van der Waals surface area contributed by atoms with Crippen LogP contribution in [-0.4, -0.2) is 21.9 Å². The number of nitrogens with zero attached hydrogens (tertiary/aromatic N) is 3. The Morgan fingerprint density at radius 3 is 2.92 bits per heavy atom. The number of hydrogen-bond acceptors (Lipinski definition) is 3. The number of ketones is 1. The summed E-state index contributed by atoms with van der Waals surface area (Å²) in [4.78, 5) is 19.7. The Labute approximate surface area is 149 Å². The molecular weight excluding hydrogens is 310 g/mol. The second kappa shape index (κ2) is 6.51. The Morgan fingerprint density at radius 1 is 1.28 bits per heavy atom. The smallest absolute Gasteiger partial charge is 0.142 e. The zero-order chi connectivity index (χ0) is 17.4. The van der Waals surface area contributed by atoms with Crippen LogP contribution >= 0.6 is 0 Å². The fraction of sp³-hybridized carbons (Fsp3) is 0.429. The first kappa shape index (κ1) is 16.1. The highest BCUT2D eigenvalue weighted by Gasteiger charge is 2.28. The van der Waals surface area contributed by atoms with E-state index in [1.807, 2.05) is 13.1 Å². The average Bonchev–Trinajstić information content (AvgIpc) is 3.03. The number of allylic oxidation sites excluding steroid dienone is 1. The summed E-state index contributed by atoms with van der Waals surface area (Å²) in [5.74, 6) is 1.32. The normalized spacial score (nSPS) is 20.7. The predicted molar refractivity (Wildman–Crippen MR) is 99.6 cm³/mol. The van der Waals surface area contributed by atoms with Crippen LogP contribution in [-0.2, 0) is 24.2 Å². The van der Waals surface area contributed by atoms with Crippen molar-refractivity contribution in [3.05, 3.63) is 59.8 Å². The number of carbonyl (C=O) groups excluding carboxylic acids is 1. The lowest BCUT2D eigenvalue weighted by Gasteiger charge is -2.34. The predicted octanol–water partition coefficient (Wildman–Crippen LogP) is 3.68. The molecule has 0 N–H and O–H groups in total. The van der Waals surface area contributed by atoms with Crippen LogP contribution in [0.25, 0.3) is 0 Å². The number of carbonyl (C=O) groups is 1. The number of Topliss-reactive ketones (excluding diaryl/α,β-unsaturated/α-hetero) is 1. The van der Waals surface area contributed by atoms with Crippen LogP contribution in [0.15, 0.2) is 42.9 Å². The molecule has 4 nitrogen and oxygen atoms in total. The molecule has 1 aromatic heterocycles. The molecule has 4 heteroatoms. The Kier molecular flexibility index (Phi) is 4.20. The molecule has 1 aromatic carbocycles. The molecule has 0 amide bonds. The largest absolute Gasteiger partial charge is 0.345 e. The van der Waals surface area contributed by atoms with Crippen molar-refractivity contribution in [3.8, 4) is 0 Å². The van der Waals surface area contributed by atoms with Crippen LogP contribution in [0.2, 0.25) is 0 Å². The standard InChI is InChI=1S/C21H25N3O/c1-15-8-9-19(14-23-12-10-22-16(23)2)20(25)13-18-6-3-5-17-7-4-11-24(15)21(17)18/h3,5-6,10,12,19H,1,4,7-9,11,13-14H2,2H3. The molecule has 0 bridgehead atoms. The van der Waals surface area contributed by atoms with Gasteiger partial charge in [-0.05, 0) is 43.7 Å². The fourth-order valence-corrected chi connectivity index (χ4v) is 4.19. The minimum atomic E-state index is 0.0156. The maximum atomic E-state index is 13.1. The summed E-state index contributed by atoms with van der Waals surface area (Å²) in [6.45, 7) is 8.08. The molecule has 25 heavy (non-hydrogen) atoms. The topological polar surface area (TPSA) is 38.1 Å². The SMILES string of the molecule is C=C1CCC(Cn2ccnc2C)C(=O)Cc2cccc3c2N1CCC3. The molecule has 0 fully saturated rings. The van der Waals surface area contributed by atoms with E-state index in [-0.39, 0.29) is 5.92 Å². The van der Waals surface area contributed by atoms with Gasteiger partial charge in [0.05, 0.1) is 0 Å². The monoisotopic (exact) mass is 335 g/mol. The minimum absolute atomic E-state index is 0.0156. The van der Waals surface area contributed by atoms with Crippen LogP contribution in [0.1, 0.15) is 36.2 Å². The third-order valence-corrected chi connectivity index (χ3v) is 5.62. The van der Waals surface area contributed by atoms with Crippen LogP contribution in [0.3, 0.4) is 0 Å². The van der Waals surface area contributed by atoms with Gasteiger partial charge in [0, 0.05) is 49.2 Å². The Hall–Kier alpha value is -2.36. The van der Waals surface area contributed by atoms with E-state index < -0.39 is 0 Å². The average molecular weight is 335 g/mol. The van der Waals surface area contributed by atoms with Gasteiger partial charge in [0.2, 0.25) is 0 Å². The lowest BCUT2D eigenvalue weighted by Crippen LogP contribution is -2.29. The summed E-state index contributed by atoms with van der Waals surface area (Å²) in [5.41, 5.74) is 4.93. The highest BCUT2D eigenvalue weighted by atomic mass is 16.1. The molecule has 130 valence electrons. The second-order valence-corrected chi connectivity index (χ2v) is 7.25. The van der Waals surface area contributed by atoms with Gasteiger partial charge in [0.25, 0.3) is 0 Å². The number of imidazole rings is 1. The van der Waals surface area contributed by atoms with Gasteiger partial charge in [-0.3, -0.25) is 4.79 Å². The lowest BCUT2D eigenvalue weighted by atomic mass is 9.91. The number of aryl methyl sites for hydroxylation is 2. The zero-order valence-electron chi connectivity index (χ0n) is 14.9. The van der Waals surface area contributed by atoms with Crippen molar-refractivity contribution in [2.75, 3.05) is 11.4 Å². The number of aromatic nitrogens is 2. The molecule has 0 radical (unpaired) electrons. The number of rotatable bonds is 2. The molecule has 2 aromatic rings. The summed E-state index contributed by atoms with van der Waals surface area (Å²) in [5, 5.41) is 0. The lowest BCUT2D eigenvalue weighted by molar-refractivity contribution is -0.122. The van der Waals surface area contributed by atoms with Crippen LogP contribution in [0, 0.1) is 12.8 Å². The first-order valence-electron chi connectivity index (χ1n) is 9.20. The molecule has 0 saturated heterocycles. The maximum Gasteiger partial charge on any atom is 0.142 e. The molecule has 0 spiro atoms. The molecule has 0 aliphatic carbocycles. The first-order chi connectivity index (χ1) is 12.1. The van der Waals surface area contributed by atoms with Gasteiger partial charge in [-0.15, -0.1) is 0 Å². The summed E-state index contributed by atoms with van der Waals surface area (Å²) >= 11 is 0.